The van der Waals surface area contributed by atoms with Gasteiger partial charge in [-0.25, -0.2) is 4.57 Å². The van der Waals surface area contributed by atoms with Crippen LogP contribution in [0.2, 0.25) is 0 Å². The third kappa shape index (κ3) is 2.64. The van der Waals surface area contributed by atoms with Crippen molar-refractivity contribution in [2.75, 3.05) is 0 Å². The lowest BCUT2D eigenvalue weighted by molar-refractivity contribution is -0.698. The van der Waals surface area contributed by atoms with Crippen LogP contribution >= 0.6 is 0 Å². The lowest BCUT2D eigenvalue weighted by atomic mass is 10.3. The van der Waals surface area contributed by atoms with Crippen LogP contribution in [0.15, 0.2) is 12.7 Å². The van der Waals surface area contributed by atoms with Crippen molar-refractivity contribution in [2.45, 2.75) is 46.2 Å². The van der Waals surface area contributed by atoms with Gasteiger partial charge in [-0.15, -0.1) is 4.68 Å². The van der Waals surface area contributed by atoms with Crippen molar-refractivity contribution < 1.29 is 4.57 Å². The lowest BCUT2D eigenvalue weighted by Gasteiger charge is -1.91. The molecule has 0 aromatic carbocycles. The largest absolute Gasteiger partial charge is 0.265 e. The van der Waals surface area contributed by atoms with Gasteiger partial charge in [-0.05, 0) is 12.8 Å². The van der Waals surface area contributed by atoms with Gasteiger partial charge in [0.1, 0.15) is 6.54 Å². The van der Waals surface area contributed by atoms with Crippen molar-refractivity contribution in [3.8, 4) is 0 Å². The molecule has 0 saturated heterocycles. The molecule has 3 heteroatoms. The van der Waals surface area contributed by atoms with Crippen molar-refractivity contribution >= 4 is 0 Å². The number of aryl methyl sites for hydroxylation is 2. The third-order valence-corrected chi connectivity index (χ3v) is 1.85. The molecule has 0 amide bonds. The lowest BCUT2D eigenvalue weighted by Crippen LogP contribution is -2.30. The number of hydrogen-bond acceptors (Lipinski definition) is 1. The molecular weight excluding hydrogens is 150 g/mol. The molecule has 0 fully saturated rings. The van der Waals surface area contributed by atoms with Crippen LogP contribution in [0.4, 0.5) is 0 Å². The summed E-state index contributed by atoms with van der Waals surface area (Å²) in [5.74, 6) is 0. The molecule has 0 atom stereocenters. The number of hydrogen-bond donors (Lipinski definition) is 0. The second-order valence-electron chi connectivity index (χ2n) is 3.10. The van der Waals surface area contributed by atoms with E-state index < -0.39 is 0 Å². The molecule has 0 N–H and O–H groups in total. The summed E-state index contributed by atoms with van der Waals surface area (Å²) in [6, 6.07) is 0. The fraction of sp³-hybridized carbons (Fsp3) is 0.778. The topological polar surface area (TPSA) is 21.7 Å². The zero-order valence-corrected chi connectivity index (χ0v) is 8.03. The molecule has 0 aliphatic carbocycles. The van der Waals surface area contributed by atoms with Crippen molar-refractivity contribution in [3.05, 3.63) is 12.7 Å². The molecule has 1 aromatic rings. The smallest absolute Gasteiger partial charge is 0.237 e. The van der Waals surface area contributed by atoms with E-state index in [-0.39, 0.29) is 0 Å². The summed E-state index contributed by atoms with van der Waals surface area (Å²) in [7, 11) is 0. The highest BCUT2D eigenvalue weighted by Gasteiger charge is 2.02. The molecule has 0 unspecified atom stereocenters. The summed E-state index contributed by atoms with van der Waals surface area (Å²) < 4.78 is 4.15. The quantitative estimate of drug-likeness (QED) is 0.609. The van der Waals surface area contributed by atoms with E-state index in [1.54, 1.807) is 0 Å². The van der Waals surface area contributed by atoms with Gasteiger partial charge in [-0.2, -0.15) is 0 Å². The Hall–Kier alpha value is -0.860. The number of rotatable bonds is 5. The van der Waals surface area contributed by atoms with E-state index in [4.69, 9.17) is 0 Å². The predicted octanol–water partition coefficient (Wildman–Crippen LogP) is 1.38. The van der Waals surface area contributed by atoms with Crippen LogP contribution in [-0.4, -0.2) is 9.78 Å². The zero-order chi connectivity index (χ0) is 8.81. The second kappa shape index (κ2) is 4.91. The van der Waals surface area contributed by atoms with Crippen LogP contribution in [0.25, 0.3) is 0 Å². The standard InChI is InChI=1S/C9H18N3/c1-3-5-7-11-8-10-12(9-11)6-4-2/h8-9H,3-7H2,1-2H3/q+1. The highest BCUT2D eigenvalue weighted by Crippen LogP contribution is 1.87. The minimum absolute atomic E-state index is 1.03. The summed E-state index contributed by atoms with van der Waals surface area (Å²) in [6.45, 7) is 6.49. The molecule has 3 nitrogen and oxygen atoms in total. The first-order chi connectivity index (χ1) is 5.86. The highest BCUT2D eigenvalue weighted by molar-refractivity contribution is 4.44. The Morgan fingerprint density at radius 3 is 2.83 bits per heavy atom. The number of unbranched alkanes of at least 4 members (excludes halogenated alkanes) is 1. The van der Waals surface area contributed by atoms with Gasteiger partial charge in [0.2, 0.25) is 6.33 Å². The molecular formula is C9H18N3+. The summed E-state index contributed by atoms with van der Waals surface area (Å²) in [4.78, 5) is 0. The van der Waals surface area contributed by atoms with Gasteiger partial charge in [0.25, 0.3) is 6.33 Å². The average molecular weight is 168 g/mol. The first-order valence-corrected chi connectivity index (χ1v) is 4.78. The Kier molecular flexibility index (Phi) is 3.77. The molecule has 0 saturated carbocycles. The van der Waals surface area contributed by atoms with Crippen molar-refractivity contribution in [1.29, 1.82) is 0 Å². The van der Waals surface area contributed by atoms with E-state index >= 15 is 0 Å². The van der Waals surface area contributed by atoms with Gasteiger partial charge in [-0.3, -0.25) is 0 Å². The maximum Gasteiger partial charge on any atom is 0.265 e. The van der Waals surface area contributed by atoms with E-state index in [0.717, 1.165) is 19.5 Å². The SMILES string of the molecule is CCCC[n+]1cnn(CCC)c1. The summed E-state index contributed by atoms with van der Waals surface area (Å²) in [5, 5.41) is 4.24. The molecule has 1 heterocycles. The minimum atomic E-state index is 1.03. The Morgan fingerprint density at radius 2 is 2.17 bits per heavy atom. The van der Waals surface area contributed by atoms with E-state index in [0.29, 0.717) is 0 Å². The average Bonchev–Trinajstić information content (AvgIpc) is 2.50. The van der Waals surface area contributed by atoms with Gasteiger partial charge in [-0.1, -0.05) is 20.3 Å². The molecule has 1 aromatic heterocycles. The van der Waals surface area contributed by atoms with Gasteiger partial charge < -0.3 is 0 Å². The number of nitrogens with zero attached hydrogens (tertiary/aromatic N) is 3. The van der Waals surface area contributed by atoms with E-state index in [1.165, 1.54) is 12.8 Å². The zero-order valence-electron chi connectivity index (χ0n) is 8.03. The molecule has 68 valence electrons. The fourth-order valence-electron chi connectivity index (χ4n) is 1.16. The Bertz CT molecular complexity index is 217. The Balaban J connectivity index is 2.41. The van der Waals surface area contributed by atoms with Crippen molar-refractivity contribution in [2.24, 2.45) is 0 Å². The van der Waals surface area contributed by atoms with Gasteiger partial charge in [0.15, 0.2) is 0 Å². The van der Waals surface area contributed by atoms with Crippen molar-refractivity contribution in [3.63, 3.8) is 0 Å². The molecule has 0 radical (unpaired) electrons. The van der Waals surface area contributed by atoms with Crippen molar-refractivity contribution in [1.82, 2.24) is 9.78 Å². The Labute approximate surface area is 74.0 Å². The Morgan fingerprint density at radius 1 is 1.33 bits per heavy atom. The molecule has 0 spiro atoms. The van der Waals surface area contributed by atoms with Crippen LogP contribution in [-0.2, 0) is 13.1 Å². The second-order valence-corrected chi connectivity index (χ2v) is 3.10. The summed E-state index contributed by atoms with van der Waals surface area (Å²) in [5.41, 5.74) is 0. The van der Waals surface area contributed by atoms with Crippen LogP contribution in [0.1, 0.15) is 33.1 Å². The fourth-order valence-corrected chi connectivity index (χ4v) is 1.16. The highest BCUT2D eigenvalue weighted by atomic mass is 15.3. The summed E-state index contributed by atoms with van der Waals surface area (Å²) in [6.07, 6.45) is 7.62. The molecule has 12 heavy (non-hydrogen) atoms. The molecule has 0 aliphatic rings. The van der Waals surface area contributed by atoms with Crippen LogP contribution in [0.3, 0.4) is 0 Å². The van der Waals surface area contributed by atoms with Gasteiger partial charge in [0.05, 0.1) is 6.54 Å². The van der Waals surface area contributed by atoms with Crippen LogP contribution < -0.4 is 4.57 Å². The monoisotopic (exact) mass is 168 g/mol. The van der Waals surface area contributed by atoms with E-state index in [9.17, 15) is 0 Å². The number of aromatic nitrogens is 3. The third-order valence-electron chi connectivity index (χ3n) is 1.85. The minimum Gasteiger partial charge on any atom is -0.237 e. The molecule has 1 rings (SSSR count). The molecule has 0 aliphatic heterocycles. The van der Waals surface area contributed by atoms with Crippen LogP contribution in [0.5, 0.6) is 0 Å². The van der Waals surface area contributed by atoms with Gasteiger partial charge >= 0.3 is 0 Å². The van der Waals surface area contributed by atoms with E-state index in [2.05, 4.69) is 29.8 Å². The maximum absolute atomic E-state index is 4.24. The van der Waals surface area contributed by atoms with Crippen LogP contribution in [0, 0.1) is 0 Å². The van der Waals surface area contributed by atoms with E-state index in [1.807, 2.05) is 11.0 Å². The summed E-state index contributed by atoms with van der Waals surface area (Å²) >= 11 is 0. The van der Waals surface area contributed by atoms with Gasteiger partial charge in [0, 0.05) is 5.10 Å². The predicted molar refractivity (Wildman–Crippen MR) is 47.6 cm³/mol. The first-order valence-electron chi connectivity index (χ1n) is 4.78. The maximum atomic E-state index is 4.24. The normalized spacial score (nSPS) is 10.5. The molecule has 0 bridgehead atoms. The first kappa shape index (κ1) is 9.23.